The third kappa shape index (κ3) is 5.03. The molecule has 0 fully saturated rings. The van der Waals surface area contributed by atoms with Gasteiger partial charge in [0.25, 0.3) is 5.91 Å². The Balaban J connectivity index is 2.23. The van der Waals surface area contributed by atoms with E-state index >= 15 is 0 Å². The minimum Gasteiger partial charge on any atom is -0.267 e. The largest absolute Gasteiger partial charge is 0.271 e. The first-order valence-electron chi connectivity index (χ1n) is 6.37. The van der Waals surface area contributed by atoms with Crippen molar-refractivity contribution in [3.63, 3.8) is 0 Å². The van der Waals surface area contributed by atoms with Gasteiger partial charge in [0.2, 0.25) is 0 Å². The molecule has 2 rings (SSSR count). The Labute approximate surface area is 147 Å². The van der Waals surface area contributed by atoms with Gasteiger partial charge in [-0.25, -0.2) is 5.43 Å². The fourth-order valence-corrected chi connectivity index (χ4v) is 2.50. The predicted octanol–water partition coefficient (Wildman–Crippen LogP) is 4.55. The molecule has 0 atom stereocenters. The smallest absolute Gasteiger partial charge is 0.267 e. The van der Waals surface area contributed by atoms with E-state index in [9.17, 15) is 9.70 Å². The summed E-state index contributed by atoms with van der Waals surface area (Å²) >= 11 is 17.6. The first-order valence-corrected chi connectivity index (χ1v) is 7.51. The zero-order valence-electron chi connectivity index (χ0n) is 11.6. The molecule has 5 nitrogen and oxygen atoms in total. The van der Waals surface area contributed by atoms with Crippen LogP contribution in [0.1, 0.15) is 15.9 Å². The van der Waals surface area contributed by atoms with Crippen LogP contribution in [-0.2, 0) is 0 Å². The summed E-state index contributed by atoms with van der Waals surface area (Å²) in [5, 5.41) is 7.88. The SMILES string of the molecule is O=NCC(=NNC(=O)c1cc(Cl)cc(Cl)c1)c1cccc(Cl)c1. The zero-order chi connectivity index (χ0) is 16.8. The molecule has 0 aliphatic heterocycles. The Morgan fingerprint density at radius 3 is 2.22 bits per heavy atom. The molecule has 118 valence electrons. The van der Waals surface area contributed by atoms with E-state index in [1.54, 1.807) is 24.3 Å². The van der Waals surface area contributed by atoms with Crippen molar-refractivity contribution in [2.75, 3.05) is 6.54 Å². The Bertz CT molecular complexity index is 758. The highest BCUT2D eigenvalue weighted by molar-refractivity contribution is 6.35. The van der Waals surface area contributed by atoms with Crippen molar-refractivity contribution in [1.82, 2.24) is 5.43 Å². The summed E-state index contributed by atoms with van der Waals surface area (Å²) in [5.41, 5.74) is 3.46. The van der Waals surface area contributed by atoms with Crippen LogP contribution in [0.2, 0.25) is 15.1 Å². The predicted molar refractivity (Wildman–Crippen MR) is 92.6 cm³/mol. The van der Waals surface area contributed by atoms with Gasteiger partial charge in [0.15, 0.2) is 0 Å². The third-order valence-corrected chi connectivity index (χ3v) is 3.46. The van der Waals surface area contributed by atoms with Gasteiger partial charge in [-0.2, -0.15) is 10.0 Å². The van der Waals surface area contributed by atoms with E-state index in [4.69, 9.17) is 34.8 Å². The fraction of sp³-hybridized carbons (Fsp3) is 0.0667. The van der Waals surface area contributed by atoms with E-state index < -0.39 is 5.91 Å². The second kappa shape index (κ2) is 8.06. The Hall–Kier alpha value is -1.95. The van der Waals surface area contributed by atoms with Crippen molar-refractivity contribution < 1.29 is 4.79 Å². The van der Waals surface area contributed by atoms with Crippen LogP contribution >= 0.6 is 34.8 Å². The highest BCUT2D eigenvalue weighted by Crippen LogP contribution is 2.19. The minimum atomic E-state index is -0.514. The molecule has 0 saturated heterocycles. The molecule has 2 aromatic carbocycles. The van der Waals surface area contributed by atoms with E-state index in [1.165, 1.54) is 18.2 Å². The maximum Gasteiger partial charge on any atom is 0.271 e. The molecule has 0 unspecified atom stereocenters. The number of nitrogens with one attached hydrogen (secondary N) is 1. The van der Waals surface area contributed by atoms with Crippen LogP contribution in [0, 0.1) is 4.91 Å². The summed E-state index contributed by atoms with van der Waals surface area (Å²) in [6.07, 6.45) is 0. The van der Waals surface area contributed by atoms with Crippen molar-refractivity contribution >= 4 is 46.4 Å². The number of nitrogens with zero attached hydrogens (tertiary/aromatic N) is 2. The van der Waals surface area contributed by atoms with Crippen LogP contribution in [0.3, 0.4) is 0 Å². The van der Waals surface area contributed by atoms with Gasteiger partial charge in [0.1, 0.15) is 6.54 Å². The average molecular weight is 371 g/mol. The first-order chi connectivity index (χ1) is 11.0. The van der Waals surface area contributed by atoms with Crippen molar-refractivity contribution in [3.8, 4) is 0 Å². The van der Waals surface area contributed by atoms with Crippen molar-refractivity contribution in [3.05, 3.63) is 73.6 Å². The monoisotopic (exact) mass is 369 g/mol. The van der Waals surface area contributed by atoms with Gasteiger partial charge in [0, 0.05) is 26.2 Å². The molecule has 8 heteroatoms. The number of carbonyl (C=O) groups excluding carboxylic acids is 1. The molecule has 1 amide bonds. The maximum absolute atomic E-state index is 12.1. The average Bonchev–Trinajstić information content (AvgIpc) is 2.50. The minimum absolute atomic E-state index is 0.211. The van der Waals surface area contributed by atoms with Crippen molar-refractivity contribution in [2.24, 2.45) is 10.3 Å². The van der Waals surface area contributed by atoms with E-state index in [0.29, 0.717) is 20.6 Å². The van der Waals surface area contributed by atoms with E-state index in [0.717, 1.165) is 0 Å². The summed E-state index contributed by atoms with van der Waals surface area (Å²) in [6.45, 7) is -0.211. The number of nitroso groups, excluding NO2 is 1. The second-order valence-electron chi connectivity index (χ2n) is 4.46. The first kappa shape index (κ1) is 17.4. The van der Waals surface area contributed by atoms with Gasteiger partial charge >= 0.3 is 0 Å². The van der Waals surface area contributed by atoms with Crippen LogP contribution in [0.25, 0.3) is 0 Å². The van der Waals surface area contributed by atoms with Crippen LogP contribution in [0.4, 0.5) is 0 Å². The number of benzene rings is 2. The normalized spacial score (nSPS) is 11.2. The summed E-state index contributed by atoms with van der Waals surface area (Å²) in [7, 11) is 0. The molecule has 2 aromatic rings. The molecule has 1 N–H and O–H groups in total. The molecular weight excluding hydrogens is 361 g/mol. The Kier molecular flexibility index (Phi) is 6.10. The molecule has 0 radical (unpaired) electrons. The van der Waals surface area contributed by atoms with Crippen LogP contribution in [-0.4, -0.2) is 18.2 Å². The summed E-state index contributed by atoms with van der Waals surface area (Å²) in [4.78, 5) is 22.7. The number of rotatable bonds is 5. The molecule has 0 spiro atoms. The summed E-state index contributed by atoms with van der Waals surface area (Å²) < 4.78 is 0. The number of hydrogen-bond acceptors (Lipinski definition) is 4. The molecule has 0 heterocycles. The number of halogens is 3. The molecule has 0 aliphatic rings. The van der Waals surface area contributed by atoms with Crippen LogP contribution < -0.4 is 5.43 Å². The molecule has 0 aromatic heterocycles. The standard InChI is InChI=1S/C15H10Cl3N3O2/c16-11-3-1-2-9(4-11)14(8-19-23)20-21-15(22)10-5-12(17)7-13(18)6-10/h1-7H,8H2,(H,21,22). The van der Waals surface area contributed by atoms with E-state index in [-0.39, 0.29) is 17.8 Å². The van der Waals surface area contributed by atoms with E-state index in [2.05, 4.69) is 15.7 Å². The van der Waals surface area contributed by atoms with Crippen molar-refractivity contribution in [1.29, 1.82) is 0 Å². The number of amides is 1. The Morgan fingerprint density at radius 2 is 1.61 bits per heavy atom. The van der Waals surface area contributed by atoms with Crippen LogP contribution in [0.5, 0.6) is 0 Å². The lowest BCUT2D eigenvalue weighted by molar-refractivity contribution is 0.0955. The van der Waals surface area contributed by atoms with Gasteiger partial charge in [-0.15, -0.1) is 0 Å². The lowest BCUT2D eigenvalue weighted by Crippen LogP contribution is -2.21. The van der Waals surface area contributed by atoms with Crippen LogP contribution in [0.15, 0.2) is 52.7 Å². The fourth-order valence-electron chi connectivity index (χ4n) is 1.79. The number of hydrazone groups is 1. The topological polar surface area (TPSA) is 70.9 Å². The van der Waals surface area contributed by atoms with Gasteiger partial charge in [0.05, 0.1) is 5.71 Å². The van der Waals surface area contributed by atoms with Gasteiger partial charge in [-0.05, 0) is 30.3 Å². The van der Waals surface area contributed by atoms with E-state index in [1.807, 2.05) is 0 Å². The lowest BCUT2D eigenvalue weighted by atomic mass is 10.1. The highest BCUT2D eigenvalue weighted by Gasteiger charge is 2.09. The van der Waals surface area contributed by atoms with Gasteiger partial charge < -0.3 is 0 Å². The van der Waals surface area contributed by atoms with Gasteiger partial charge in [-0.1, -0.05) is 52.1 Å². The highest BCUT2D eigenvalue weighted by atomic mass is 35.5. The van der Waals surface area contributed by atoms with Gasteiger partial charge in [-0.3, -0.25) is 4.79 Å². The second-order valence-corrected chi connectivity index (χ2v) is 5.76. The quantitative estimate of drug-likeness (QED) is 0.476. The Morgan fingerprint density at radius 1 is 0.957 bits per heavy atom. The third-order valence-electron chi connectivity index (χ3n) is 2.79. The molecular formula is C15H10Cl3N3O2. The summed E-state index contributed by atoms with van der Waals surface area (Å²) in [5.74, 6) is -0.514. The maximum atomic E-state index is 12.1. The molecule has 0 saturated carbocycles. The molecule has 23 heavy (non-hydrogen) atoms. The number of hydrogen-bond donors (Lipinski definition) is 1. The van der Waals surface area contributed by atoms with Crippen molar-refractivity contribution in [2.45, 2.75) is 0 Å². The summed E-state index contributed by atoms with van der Waals surface area (Å²) in [6, 6.07) is 11.1. The molecule has 0 aliphatic carbocycles. The lowest BCUT2D eigenvalue weighted by Gasteiger charge is -2.05. The molecule has 0 bridgehead atoms. The zero-order valence-corrected chi connectivity index (χ0v) is 13.9. The number of carbonyl (C=O) groups is 1.